The molecule has 0 radical (unpaired) electrons. The number of carboxylic acids is 1. The van der Waals surface area contributed by atoms with Gasteiger partial charge >= 0.3 is 17.9 Å². The number of aromatic nitrogens is 4. The minimum atomic E-state index is -3.49. The van der Waals surface area contributed by atoms with E-state index >= 15 is 0 Å². The molecule has 79 heavy (non-hydrogen) atoms. The van der Waals surface area contributed by atoms with Crippen LogP contribution >= 0.6 is 0 Å². The summed E-state index contributed by atoms with van der Waals surface area (Å²) < 4.78 is 74.6. The Morgan fingerprint density at radius 1 is 0.633 bits per heavy atom. The van der Waals surface area contributed by atoms with Crippen molar-refractivity contribution < 1.29 is 59.4 Å². The van der Waals surface area contributed by atoms with Crippen LogP contribution in [0.5, 0.6) is 0 Å². The Morgan fingerprint density at radius 3 is 1.42 bits per heavy atom. The topological polar surface area (TPSA) is 291 Å². The lowest BCUT2D eigenvalue weighted by atomic mass is 10.0. The molecule has 2 fully saturated rings. The number of nitrogens with zero attached hydrogens (tertiary/aromatic N) is 4. The number of sulfone groups is 2. The minimum Gasteiger partial charge on any atom is -0.478 e. The number of aromatic carboxylic acids is 1. The number of benzene rings is 2. The van der Waals surface area contributed by atoms with E-state index in [1.807, 2.05) is 65.8 Å². The fourth-order valence-corrected chi connectivity index (χ4v) is 13.0. The number of rotatable bonds is 17. The van der Waals surface area contributed by atoms with Gasteiger partial charge in [0, 0.05) is 67.4 Å². The lowest BCUT2D eigenvalue weighted by Gasteiger charge is -2.20. The summed E-state index contributed by atoms with van der Waals surface area (Å²) in [7, 11) is -6.97. The summed E-state index contributed by atoms with van der Waals surface area (Å²) in [5.74, 6) is -0.917. The number of aryl methyl sites for hydroxylation is 2. The van der Waals surface area contributed by atoms with E-state index in [4.69, 9.17) is 29.1 Å². The maximum absolute atomic E-state index is 13.2. The summed E-state index contributed by atoms with van der Waals surface area (Å²) in [5, 5.41) is 10.8. The molecule has 4 aromatic heterocycles. The van der Waals surface area contributed by atoms with Crippen molar-refractivity contribution in [3.63, 3.8) is 0 Å². The van der Waals surface area contributed by atoms with E-state index in [9.17, 15) is 36.0 Å². The van der Waals surface area contributed by atoms with Crippen molar-refractivity contribution in [2.45, 2.75) is 153 Å². The van der Waals surface area contributed by atoms with Gasteiger partial charge in [-0.2, -0.15) is 0 Å². The van der Waals surface area contributed by atoms with Gasteiger partial charge in [-0.25, -0.2) is 31.6 Å². The highest BCUT2D eigenvalue weighted by atomic mass is 32.2. The van der Waals surface area contributed by atoms with Crippen LogP contribution in [0.4, 0.5) is 0 Å². The van der Waals surface area contributed by atoms with E-state index in [1.165, 1.54) is 12.1 Å². The average molecular weight is 1130 g/mol. The molecule has 19 nitrogen and oxygen atoms in total. The molecule has 0 spiro atoms. The predicted octanol–water partition coefficient (Wildman–Crippen LogP) is 9.49. The van der Waals surface area contributed by atoms with Crippen LogP contribution in [0.25, 0.3) is 22.9 Å². The second-order valence-corrected chi connectivity index (χ2v) is 26.5. The quantitative estimate of drug-likeness (QED) is 0.0716. The zero-order chi connectivity index (χ0) is 57.7. The highest BCUT2D eigenvalue weighted by Gasteiger charge is 2.38. The summed E-state index contributed by atoms with van der Waals surface area (Å²) in [6.07, 6.45) is 10.6. The van der Waals surface area contributed by atoms with Gasteiger partial charge in [0.2, 0.25) is 11.8 Å². The maximum Gasteiger partial charge on any atom is 0.335 e. The smallest absolute Gasteiger partial charge is 0.335 e. The average Bonchev–Trinajstić information content (AvgIpc) is 4.22. The van der Waals surface area contributed by atoms with Crippen LogP contribution in [0.3, 0.4) is 0 Å². The molecule has 21 heteroatoms. The summed E-state index contributed by atoms with van der Waals surface area (Å²) in [4.78, 5) is 64.5. The van der Waals surface area contributed by atoms with Crippen molar-refractivity contribution in [2.24, 2.45) is 17.6 Å². The number of oxazole rings is 2. The molecule has 4 N–H and O–H groups in total. The fourth-order valence-electron chi connectivity index (χ4n) is 9.13. The third kappa shape index (κ3) is 18.8. The Kier molecular flexibility index (Phi) is 20.7. The molecular formula is C58H72N6O13S2. The van der Waals surface area contributed by atoms with E-state index in [0.717, 1.165) is 11.1 Å². The number of esters is 2. The lowest BCUT2D eigenvalue weighted by molar-refractivity contribution is -0.157. The van der Waals surface area contributed by atoms with Crippen LogP contribution in [0.2, 0.25) is 0 Å². The first-order chi connectivity index (χ1) is 37.2. The number of carbonyl (C=O) groups excluding carboxylic acids is 3. The van der Waals surface area contributed by atoms with Gasteiger partial charge in [0.15, 0.2) is 19.7 Å². The van der Waals surface area contributed by atoms with Crippen LogP contribution in [0.15, 0.2) is 106 Å². The SMILES string of the molecule is Cc1oc(-c2ccc(C(=O)NCc3cccnc3)cc2)nc1CS(=O)(=O)[C@@H]1CC[C@H](CC(=O)OC(C)(C)C)C1.Cc1oc(-c2ccc(C(=O)O)cc2)nc1CS(=O)(=O)[C@@H]1CC[C@H](CC(=O)OC(C)(C)C)C1.NCc1cccnc1. The highest BCUT2D eigenvalue weighted by Crippen LogP contribution is 2.37. The van der Waals surface area contributed by atoms with Crippen molar-refractivity contribution >= 4 is 43.5 Å². The molecule has 2 aliphatic carbocycles. The van der Waals surface area contributed by atoms with Crippen molar-refractivity contribution in [3.05, 3.63) is 143 Å². The monoisotopic (exact) mass is 1120 g/mol. The maximum atomic E-state index is 13.2. The fraction of sp³-hybridized carbons (Fsp3) is 0.448. The van der Waals surface area contributed by atoms with E-state index in [-0.39, 0.29) is 65.5 Å². The first kappa shape index (κ1) is 61.1. The standard InChI is InChI=1S/C29H35N3O6S.C23H29NO7S.C6H8N2/c1-19-25(18-39(35,36)24-12-7-20(14-24)15-26(33)38-29(2,3)4)32-28(37-19)23-10-8-22(9-11-23)27(34)31-17-21-6-5-13-30-16-21;1-14-19(24-21(30-14)16-6-8-17(9-7-16)22(26)27)13-32(28,29)18-10-5-15(11-18)12-20(25)31-23(2,3)4;7-4-6-2-1-3-8-5-6/h5-6,8-11,13,16,20,24H,7,12,14-15,17-18H2,1-4H3,(H,31,34);6-9,15,18H,5,10-13H2,1-4H3,(H,26,27);1-3,5H,4,7H2/t20-,24+;15-,18+;/m00./s1. The summed E-state index contributed by atoms with van der Waals surface area (Å²) >= 11 is 0. The summed E-state index contributed by atoms with van der Waals surface area (Å²) in [5.41, 5.74) is 8.72. The third-order valence-electron chi connectivity index (χ3n) is 13.1. The Hall–Kier alpha value is -7.10. The van der Waals surface area contributed by atoms with Crippen LogP contribution in [-0.2, 0) is 63.3 Å². The Labute approximate surface area is 462 Å². The number of carboxylic acid groups (broad SMARTS) is 1. The number of nitrogens with one attached hydrogen (secondary N) is 1. The molecule has 6 aromatic rings. The second kappa shape index (κ2) is 26.7. The first-order valence-electron chi connectivity index (χ1n) is 26.2. The lowest BCUT2D eigenvalue weighted by Crippen LogP contribution is -2.25. The zero-order valence-corrected chi connectivity index (χ0v) is 47.7. The number of carbonyl (C=O) groups is 4. The zero-order valence-electron chi connectivity index (χ0n) is 46.1. The highest BCUT2D eigenvalue weighted by molar-refractivity contribution is 7.91. The molecule has 0 saturated heterocycles. The van der Waals surface area contributed by atoms with Gasteiger partial charge in [-0.1, -0.05) is 12.1 Å². The van der Waals surface area contributed by atoms with Crippen molar-refractivity contribution in [3.8, 4) is 22.9 Å². The second-order valence-electron chi connectivity index (χ2n) is 21.9. The van der Waals surface area contributed by atoms with Crippen molar-refractivity contribution in [1.82, 2.24) is 25.3 Å². The van der Waals surface area contributed by atoms with Gasteiger partial charge in [-0.15, -0.1) is 0 Å². The molecule has 0 aliphatic heterocycles. The molecule has 4 atom stereocenters. The first-order valence-corrected chi connectivity index (χ1v) is 29.6. The Balaban J connectivity index is 0.000000226. The van der Waals surface area contributed by atoms with Crippen LogP contribution in [0.1, 0.15) is 148 Å². The molecule has 1 amide bonds. The molecule has 0 unspecified atom stereocenters. The number of hydrogen-bond acceptors (Lipinski definition) is 17. The summed E-state index contributed by atoms with van der Waals surface area (Å²) in [6.45, 7) is 15.2. The number of nitrogens with two attached hydrogens (primary N) is 1. The summed E-state index contributed by atoms with van der Waals surface area (Å²) in [6, 6.07) is 20.3. The van der Waals surface area contributed by atoms with Crippen LogP contribution in [-0.4, -0.2) is 87.4 Å². The molecule has 2 saturated carbocycles. The number of amides is 1. The van der Waals surface area contributed by atoms with Gasteiger partial charge in [-0.05, 0) is 178 Å². The third-order valence-corrected chi connectivity index (χ3v) is 17.4. The van der Waals surface area contributed by atoms with Gasteiger partial charge in [-0.3, -0.25) is 24.4 Å². The molecule has 4 heterocycles. The van der Waals surface area contributed by atoms with E-state index in [1.54, 1.807) is 75.0 Å². The minimum absolute atomic E-state index is 0.00586. The molecule has 8 rings (SSSR count). The van der Waals surface area contributed by atoms with Gasteiger partial charge in [0.05, 0.1) is 39.0 Å². The van der Waals surface area contributed by atoms with E-state index in [0.29, 0.717) is 97.1 Å². The Bertz CT molecular complexity index is 3240. The van der Waals surface area contributed by atoms with Crippen LogP contribution in [0, 0.1) is 25.7 Å². The Morgan fingerprint density at radius 2 is 1.05 bits per heavy atom. The predicted molar refractivity (Wildman–Crippen MR) is 296 cm³/mol. The van der Waals surface area contributed by atoms with E-state index < -0.39 is 47.3 Å². The molecule has 2 aromatic carbocycles. The van der Waals surface area contributed by atoms with Gasteiger partial charge < -0.3 is 34.5 Å². The molecule has 2 aliphatic rings. The normalized spacial score (nSPS) is 17.4. The molecular weight excluding hydrogens is 1050 g/mol. The van der Waals surface area contributed by atoms with Crippen molar-refractivity contribution in [2.75, 3.05) is 0 Å². The van der Waals surface area contributed by atoms with Crippen molar-refractivity contribution in [1.29, 1.82) is 0 Å². The molecule has 0 bridgehead atoms. The number of ether oxygens (including phenoxy) is 2. The van der Waals surface area contributed by atoms with Crippen LogP contribution < -0.4 is 11.1 Å². The number of hydrogen-bond donors (Lipinski definition) is 3. The van der Waals surface area contributed by atoms with Gasteiger partial charge in [0.1, 0.15) is 22.7 Å². The van der Waals surface area contributed by atoms with Gasteiger partial charge in [0.25, 0.3) is 5.91 Å². The number of pyridine rings is 2. The molecule has 424 valence electrons. The largest absolute Gasteiger partial charge is 0.478 e. The van der Waals surface area contributed by atoms with E-state index in [2.05, 4.69) is 25.3 Å².